The lowest BCUT2D eigenvalue weighted by Gasteiger charge is -2.28. The Labute approximate surface area is 181 Å². The summed E-state index contributed by atoms with van der Waals surface area (Å²) in [6.45, 7) is 4.13. The van der Waals surface area contributed by atoms with Crippen molar-refractivity contribution in [2.75, 3.05) is 20.6 Å². The number of nitrogens with zero attached hydrogens (tertiary/aromatic N) is 3. The standard InChI is InChI=1S/C22H28N4O3S/c1-14(23-20(28)15(2)25(3)4)22(29)26-12-8-11-18(26)21-24-17(13-30-21)19(27)16-9-6-5-7-10-16/h5-7,9-10,13-15,18H,8,11-12H2,1-4H3,(H,23,28)/t14-,15-,18-/m0/s1. The van der Waals surface area contributed by atoms with E-state index in [4.69, 9.17) is 0 Å². The molecular weight excluding hydrogens is 400 g/mol. The van der Waals surface area contributed by atoms with Crippen molar-refractivity contribution in [2.45, 2.75) is 44.8 Å². The largest absolute Gasteiger partial charge is 0.343 e. The summed E-state index contributed by atoms with van der Waals surface area (Å²) in [5.74, 6) is -0.420. The van der Waals surface area contributed by atoms with Gasteiger partial charge < -0.3 is 10.2 Å². The number of amides is 2. The van der Waals surface area contributed by atoms with Gasteiger partial charge in [0.25, 0.3) is 0 Å². The van der Waals surface area contributed by atoms with Crippen molar-refractivity contribution in [2.24, 2.45) is 0 Å². The van der Waals surface area contributed by atoms with Crippen LogP contribution in [0.5, 0.6) is 0 Å². The number of rotatable bonds is 7. The van der Waals surface area contributed by atoms with Gasteiger partial charge in [-0.15, -0.1) is 11.3 Å². The minimum atomic E-state index is -0.620. The molecule has 1 aliphatic rings. The molecule has 1 saturated heterocycles. The summed E-state index contributed by atoms with van der Waals surface area (Å²) in [5, 5.41) is 5.34. The van der Waals surface area contributed by atoms with Gasteiger partial charge in [0.1, 0.15) is 16.7 Å². The second-order valence-corrected chi connectivity index (χ2v) is 8.72. The third kappa shape index (κ3) is 4.76. The van der Waals surface area contributed by atoms with Crippen LogP contribution in [0.3, 0.4) is 0 Å². The van der Waals surface area contributed by atoms with Crippen molar-refractivity contribution in [1.82, 2.24) is 20.1 Å². The monoisotopic (exact) mass is 428 g/mol. The van der Waals surface area contributed by atoms with Crippen molar-refractivity contribution in [3.05, 3.63) is 52.0 Å². The van der Waals surface area contributed by atoms with Crippen molar-refractivity contribution in [3.63, 3.8) is 0 Å². The topological polar surface area (TPSA) is 82.6 Å². The number of benzene rings is 1. The zero-order valence-corrected chi connectivity index (χ0v) is 18.6. The Kier molecular flexibility index (Phi) is 6.99. The first-order valence-electron chi connectivity index (χ1n) is 10.1. The van der Waals surface area contributed by atoms with E-state index in [9.17, 15) is 14.4 Å². The number of ketones is 1. The predicted octanol–water partition coefficient (Wildman–Crippen LogP) is 2.49. The molecule has 1 aromatic carbocycles. The van der Waals surface area contributed by atoms with Gasteiger partial charge in [0.05, 0.1) is 12.1 Å². The molecule has 30 heavy (non-hydrogen) atoms. The lowest BCUT2D eigenvalue weighted by molar-refractivity contribution is -0.137. The molecule has 0 unspecified atom stereocenters. The lowest BCUT2D eigenvalue weighted by atomic mass is 10.1. The highest BCUT2D eigenvalue weighted by molar-refractivity contribution is 7.10. The fourth-order valence-corrected chi connectivity index (χ4v) is 4.39. The van der Waals surface area contributed by atoms with E-state index in [0.717, 1.165) is 17.8 Å². The molecule has 2 aromatic rings. The Hall–Kier alpha value is -2.58. The zero-order chi connectivity index (χ0) is 21.8. The first kappa shape index (κ1) is 22.1. The number of hydrogen-bond acceptors (Lipinski definition) is 6. The number of thiazole rings is 1. The van der Waals surface area contributed by atoms with Crippen molar-refractivity contribution < 1.29 is 14.4 Å². The van der Waals surface area contributed by atoms with E-state index in [0.29, 0.717) is 17.8 Å². The summed E-state index contributed by atoms with van der Waals surface area (Å²) in [4.78, 5) is 46.1. The average Bonchev–Trinajstić information content (AvgIpc) is 3.41. The van der Waals surface area contributed by atoms with Crippen molar-refractivity contribution in [3.8, 4) is 0 Å². The van der Waals surface area contributed by atoms with Crippen LogP contribution in [0.25, 0.3) is 0 Å². The molecule has 0 saturated carbocycles. The van der Waals surface area contributed by atoms with Gasteiger partial charge in [-0.1, -0.05) is 30.3 Å². The number of carbonyl (C=O) groups is 3. The molecule has 0 spiro atoms. The zero-order valence-electron chi connectivity index (χ0n) is 17.8. The Balaban J connectivity index is 1.70. The minimum Gasteiger partial charge on any atom is -0.343 e. The molecule has 7 nitrogen and oxygen atoms in total. The molecule has 1 aliphatic heterocycles. The molecule has 3 rings (SSSR count). The maximum absolute atomic E-state index is 13.0. The molecule has 2 amide bonds. The lowest BCUT2D eigenvalue weighted by Crippen LogP contribution is -2.51. The Morgan fingerprint density at radius 3 is 2.57 bits per heavy atom. The number of likely N-dealkylation sites (tertiary alicyclic amines) is 1. The van der Waals surface area contributed by atoms with E-state index in [1.165, 1.54) is 11.3 Å². The summed E-state index contributed by atoms with van der Waals surface area (Å²) in [7, 11) is 3.65. The highest BCUT2D eigenvalue weighted by Crippen LogP contribution is 2.34. The first-order valence-corrected chi connectivity index (χ1v) is 11.0. The van der Waals surface area contributed by atoms with Crippen molar-refractivity contribution in [1.29, 1.82) is 0 Å². The maximum atomic E-state index is 13.0. The van der Waals surface area contributed by atoms with Crippen LogP contribution in [-0.2, 0) is 9.59 Å². The van der Waals surface area contributed by atoms with Gasteiger partial charge >= 0.3 is 0 Å². The van der Waals surface area contributed by atoms with Crippen LogP contribution in [0.1, 0.15) is 53.8 Å². The van der Waals surface area contributed by atoms with Gasteiger partial charge in [-0.25, -0.2) is 4.98 Å². The molecule has 0 aliphatic carbocycles. The Bertz CT molecular complexity index is 912. The van der Waals surface area contributed by atoms with E-state index in [1.54, 1.807) is 41.2 Å². The number of carbonyl (C=O) groups excluding carboxylic acids is 3. The van der Waals surface area contributed by atoms with Gasteiger partial charge in [0.2, 0.25) is 17.6 Å². The van der Waals surface area contributed by atoms with Crippen molar-refractivity contribution >= 4 is 28.9 Å². The Morgan fingerprint density at radius 1 is 1.20 bits per heavy atom. The highest BCUT2D eigenvalue weighted by atomic mass is 32.1. The van der Waals surface area contributed by atoms with E-state index < -0.39 is 6.04 Å². The molecule has 0 bridgehead atoms. The molecule has 1 N–H and O–H groups in total. The van der Waals surface area contributed by atoms with Crippen LogP contribution in [0, 0.1) is 0 Å². The van der Waals surface area contributed by atoms with Gasteiger partial charge in [-0.2, -0.15) is 0 Å². The summed E-state index contributed by atoms with van der Waals surface area (Å²) in [6.07, 6.45) is 1.67. The predicted molar refractivity (Wildman–Crippen MR) is 116 cm³/mol. The molecule has 2 heterocycles. The highest BCUT2D eigenvalue weighted by Gasteiger charge is 2.35. The number of likely N-dealkylation sites (N-methyl/N-ethyl adjacent to an activating group) is 1. The van der Waals surface area contributed by atoms with Crippen LogP contribution in [-0.4, -0.2) is 65.1 Å². The van der Waals surface area contributed by atoms with Crippen LogP contribution in [0.4, 0.5) is 0 Å². The summed E-state index contributed by atoms with van der Waals surface area (Å²) in [5.41, 5.74) is 1.00. The molecule has 3 atom stereocenters. The number of nitrogens with one attached hydrogen (secondary N) is 1. The third-order valence-electron chi connectivity index (χ3n) is 5.49. The van der Waals surface area contributed by atoms with Gasteiger partial charge in [0, 0.05) is 17.5 Å². The normalized spacial score (nSPS) is 18.3. The molecule has 1 aromatic heterocycles. The SMILES string of the molecule is C[C@H](NC(=O)[C@H](C)N(C)C)C(=O)N1CCC[C@H]1c1nc(C(=O)c2ccccc2)cs1. The molecule has 8 heteroatoms. The second kappa shape index (κ2) is 9.49. The summed E-state index contributed by atoms with van der Waals surface area (Å²) >= 11 is 1.41. The molecule has 1 fully saturated rings. The van der Waals surface area contributed by atoms with Crippen LogP contribution < -0.4 is 5.32 Å². The number of hydrogen-bond donors (Lipinski definition) is 1. The smallest absolute Gasteiger partial charge is 0.245 e. The molecular formula is C22H28N4O3S. The molecule has 0 radical (unpaired) electrons. The third-order valence-corrected chi connectivity index (χ3v) is 6.44. The second-order valence-electron chi connectivity index (χ2n) is 7.83. The van der Waals surface area contributed by atoms with Crippen LogP contribution in [0.15, 0.2) is 35.7 Å². The average molecular weight is 429 g/mol. The Morgan fingerprint density at radius 2 is 1.90 bits per heavy atom. The van der Waals surface area contributed by atoms with E-state index >= 15 is 0 Å². The van der Waals surface area contributed by atoms with E-state index in [1.807, 2.05) is 32.3 Å². The van der Waals surface area contributed by atoms with Gasteiger partial charge in [-0.3, -0.25) is 19.3 Å². The quantitative estimate of drug-likeness (QED) is 0.685. The van der Waals surface area contributed by atoms with Crippen LogP contribution in [0.2, 0.25) is 0 Å². The summed E-state index contributed by atoms with van der Waals surface area (Å²) < 4.78 is 0. The van der Waals surface area contributed by atoms with E-state index in [2.05, 4.69) is 10.3 Å². The number of aromatic nitrogens is 1. The molecule has 160 valence electrons. The summed E-state index contributed by atoms with van der Waals surface area (Å²) in [6, 6.07) is 7.95. The maximum Gasteiger partial charge on any atom is 0.245 e. The first-order chi connectivity index (χ1) is 14.3. The minimum absolute atomic E-state index is 0.118. The van der Waals surface area contributed by atoms with E-state index in [-0.39, 0.29) is 29.7 Å². The van der Waals surface area contributed by atoms with Crippen LogP contribution >= 0.6 is 11.3 Å². The fraction of sp³-hybridized carbons (Fsp3) is 0.455. The van der Waals surface area contributed by atoms with Gasteiger partial charge in [0.15, 0.2) is 0 Å². The van der Waals surface area contributed by atoms with Gasteiger partial charge in [-0.05, 0) is 40.8 Å². The fourth-order valence-electron chi connectivity index (χ4n) is 3.45.